The lowest BCUT2D eigenvalue weighted by Gasteiger charge is -2.36. The third-order valence-electron chi connectivity index (χ3n) is 5.87. The lowest BCUT2D eigenvalue weighted by molar-refractivity contribution is -0.131. The van der Waals surface area contributed by atoms with Crippen LogP contribution in [0.4, 0.5) is 5.69 Å². The van der Waals surface area contributed by atoms with E-state index >= 15 is 0 Å². The summed E-state index contributed by atoms with van der Waals surface area (Å²) in [6.45, 7) is 2.73. The third kappa shape index (κ3) is 4.04. The summed E-state index contributed by atoms with van der Waals surface area (Å²) in [4.78, 5) is 21.9. The van der Waals surface area contributed by atoms with Crippen molar-refractivity contribution in [2.45, 2.75) is 6.42 Å². The van der Waals surface area contributed by atoms with E-state index in [2.05, 4.69) is 4.90 Å². The lowest BCUT2D eigenvalue weighted by Crippen LogP contribution is -2.51. The van der Waals surface area contributed by atoms with E-state index in [1.807, 2.05) is 77.7 Å². The highest BCUT2D eigenvalue weighted by molar-refractivity contribution is 6.04. The number of hydrogen-bond donors (Lipinski definition) is 0. The Morgan fingerprint density at radius 2 is 1.69 bits per heavy atom. The minimum atomic E-state index is 0.161. The van der Waals surface area contributed by atoms with Crippen LogP contribution >= 0.6 is 0 Å². The van der Waals surface area contributed by atoms with Gasteiger partial charge in [-0.2, -0.15) is 0 Å². The first-order chi connectivity index (χ1) is 15.7. The van der Waals surface area contributed by atoms with Gasteiger partial charge in [-0.15, -0.1) is 0 Å². The maximum absolute atomic E-state index is 12.8. The van der Waals surface area contributed by atoms with E-state index in [1.54, 1.807) is 7.11 Å². The molecule has 0 bridgehead atoms. The summed E-state index contributed by atoms with van der Waals surface area (Å²) in [6, 6.07) is 23.5. The molecule has 2 heterocycles. The molecule has 6 nitrogen and oxygen atoms in total. The van der Waals surface area contributed by atoms with Crippen LogP contribution < -0.4 is 9.47 Å². The number of para-hydroxylation sites is 2. The number of piperazine rings is 1. The molecule has 0 radical (unpaired) electrons. The second kappa shape index (κ2) is 8.75. The van der Waals surface area contributed by atoms with E-state index in [1.165, 1.54) is 0 Å². The number of methoxy groups -OCH3 is 1. The summed E-state index contributed by atoms with van der Waals surface area (Å²) in [5.74, 6) is 3.23. The number of aliphatic imine (C=N–C) groups is 1. The number of carbonyl (C=O) groups excluding carboxylic acids is 1. The van der Waals surface area contributed by atoms with Crippen LogP contribution in [0.3, 0.4) is 0 Å². The number of amides is 1. The maximum atomic E-state index is 12.8. The molecule has 0 unspecified atom stereocenters. The molecule has 2 aliphatic rings. The number of rotatable bonds is 3. The molecule has 5 rings (SSSR count). The predicted octanol–water partition coefficient (Wildman–Crippen LogP) is 4.27. The molecule has 0 N–H and O–H groups in total. The second-order valence-electron chi connectivity index (χ2n) is 7.90. The molecular formula is C26H25N3O3. The molecular weight excluding hydrogens is 402 g/mol. The van der Waals surface area contributed by atoms with Gasteiger partial charge >= 0.3 is 0 Å². The number of fused-ring (bicyclic) bond motifs is 2. The fourth-order valence-corrected chi connectivity index (χ4v) is 4.12. The number of amidine groups is 1. The molecule has 1 amide bonds. The standard InChI is InChI=1S/C26H25N3O3/c1-31-20-11-12-23-21(18-20)26(27-22-9-5-6-10-24(22)32-23)29-15-13-28(14-16-29)25(30)17-19-7-3-2-4-8-19/h2-12,18H,13-17H2,1H3. The van der Waals surface area contributed by atoms with Crippen LogP contribution in [0.15, 0.2) is 77.8 Å². The molecule has 0 aliphatic carbocycles. The van der Waals surface area contributed by atoms with Crippen molar-refractivity contribution in [2.75, 3.05) is 33.3 Å². The van der Waals surface area contributed by atoms with Crippen LogP contribution in [-0.2, 0) is 11.2 Å². The highest BCUT2D eigenvalue weighted by Crippen LogP contribution is 2.39. The zero-order valence-electron chi connectivity index (χ0n) is 18.0. The molecule has 3 aromatic rings. The minimum absolute atomic E-state index is 0.161. The van der Waals surface area contributed by atoms with Gasteiger partial charge in [-0.05, 0) is 35.9 Å². The van der Waals surface area contributed by atoms with E-state index in [0.717, 1.165) is 39.9 Å². The highest BCUT2D eigenvalue weighted by Gasteiger charge is 2.28. The number of hydrogen-bond acceptors (Lipinski definition) is 5. The second-order valence-corrected chi connectivity index (χ2v) is 7.90. The number of ether oxygens (including phenoxy) is 2. The van der Waals surface area contributed by atoms with Crippen molar-refractivity contribution in [1.29, 1.82) is 0 Å². The van der Waals surface area contributed by atoms with Crippen LogP contribution in [0.1, 0.15) is 11.1 Å². The van der Waals surface area contributed by atoms with Crippen molar-refractivity contribution in [1.82, 2.24) is 9.80 Å². The van der Waals surface area contributed by atoms with Gasteiger partial charge in [0.2, 0.25) is 5.91 Å². The topological polar surface area (TPSA) is 54.4 Å². The molecule has 162 valence electrons. The molecule has 32 heavy (non-hydrogen) atoms. The summed E-state index contributed by atoms with van der Waals surface area (Å²) < 4.78 is 11.6. The largest absolute Gasteiger partial charge is 0.497 e. The molecule has 0 spiro atoms. The summed E-state index contributed by atoms with van der Waals surface area (Å²) >= 11 is 0. The van der Waals surface area contributed by atoms with Crippen molar-refractivity contribution >= 4 is 17.4 Å². The molecule has 2 aliphatic heterocycles. The van der Waals surface area contributed by atoms with Crippen molar-refractivity contribution in [3.63, 3.8) is 0 Å². The van der Waals surface area contributed by atoms with Gasteiger partial charge in [0.15, 0.2) is 5.75 Å². The number of benzene rings is 3. The SMILES string of the molecule is COc1ccc2c(c1)C(N1CCN(C(=O)Cc3ccccc3)CC1)=Nc1ccccc1O2. The van der Waals surface area contributed by atoms with Gasteiger partial charge in [0.25, 0.3) is 0 Å². The molecule has 6 heteroatoms. The van der Waals surface area contributed by atoms with Crippen molar-refractivity contribution in [2.24, 2.45) is 4.99 Å². The van der Waals surface area contributed by atoms with E-state index in [0.29, 0.717) is 32.6 Å². The normalized spacial score (nSPS) is 15.1. The van der Waals surface area contributed by atoms with Crippen LogP contribution in [0.25, 0.3) is 0 Å². The predicted molar refractivity (Wildman–Crippen MR) is 124 cm³/mol. The Morgan fingerprint density at radius 1 is 0.938 bits per heavy atom. The molecule has 1 fully saturated rings. The van der Waals surface area contributed by atoms with E-state index in [-0.39, 0.29) is 5.91 Å². The van der Waals surface area contributed by atoms with Crippen LogP contribution in [-0.4, -0.2) is 54.8 Å². The zero-order chi connectivity index (χ0) is 21.9. The maximum Gasteiger partial charge on any atom is 0.227 e. The molecule has 3 aromatic carbocycles. The molecule has 0 aromatic heterocycles. The van der Waals surface area contributed by atoms with Gasteiger partial charge in [-0.25, -0.2) is 4.99 Å². The van der Waals surface area contributed by atoms with Crippen molar-refractivity contribution < 1.29 is 14.3 Å². The Bertz CT molecular complexity index is 1150. The Hall–Kier alpha value is -3.80. The first-order valence-electron chi connectivity index (χ1n) is 10.8. The molecule has 0 saturated carbocycles. The first kappa shape index (κ1) is 20.1. The fourth-order valence-electron chi connectivity index (χ4n) is 4.12. The van der Waals surface area contributed by atoms with Crippen LogP contribution in [0.5, 0.6) is 17.2 Å². The average molecular weight is 428 g/mol. The smallest absolute Gasteiger partial charge is 0.227 e. The quantitative estimate of drug-likeness (QED) is 0.627. The van der Waals surface area contributed by atoms with Gasteiger partial charge in [0.05, 0.1) is 19.1 Å². The lowest BCUT2D eigenvalue weighted by atomic mass is 10.1. The summed E-state index contributed by atoms with van der Waals surface area (Å²) in [7, 11) is 1.65. The minimum Gasteiger partial charge on any atom is -0.497 e. The Balaban J connectivity index is 1.38. The van der Waals surface area contributed by atoms with Crippen LogP contribution in [0, 0.1) is 0 Å². The summed E-state index contributed by atoms with van der Waals surface area (Å²) in [6.07, 6.45) is 0.434. The first-order valence-corrected chi connectivity index (χ1v) is 10.8. The monoisotopic (exact) mass is 427 g/mol. The fraction of sp³-hybridized carbons (Fsp3) is 0.231. The van der Waals surface area contributed by atoms with E-state index < -0.39 is 0 Å². The van der Waals surface area contributed by atoms with E-state index in [4.69, 9.17) is 14.5 Å². The number of carbonyl (C=O) groups is 1. The van der Waals surface area contributed by atoms with Gasteiger partial charge in [-0.1, -0.05) is 42.5 Å². The van der Waals surface area contributed by atoms with Crippen LogP contribution in [0.2, 0.25) is 0 Å². The summed E-state index contributed by atoms with van der Waals surface area (Å²) in [5.41, 5.74) is 2.73. The van der Waals surface area contributed by atoms with Gasteiger partial charge in [0, 0.05) is 26.2 Å². The highest BCUT2D eigenvalue weighted by atomic mass is 16.5. The van der Waals surface area contributed by atoms with Crippen molar-refractivity contribution in [3.05, 3.63) is 83.9 Å². The van der Waals surface area contributed by atoms with E-state index in [9.17, 15) is 4.79 Å². The average Bonchev–Trinajstić information content (AvgIpc) is 3.01. The Kier molecular flexibility index (Phi) is 5.50. The van der Waals surface area contributed by atoms with Gasteiger partial charge < -0.3 is 19.3 Å². The van der Waals surface area contributed by atoms with Gasteiger partial charge in [0.1, 0.15) is 23.0 Å². The number of nitrogens with zero attached hydrogens (tertiary/aromatic N) is 3. The Labute approximate surface area is 187 Å². The van der Waals surface area contributed by atoms with Gasteiger partial charge in [-0.3, -0.25) is 4.79 Å². The molecule has 0 atom stereocenters. The third-order valence-corrected chi connectivity index (χ3v) is 5.87. The summed E-state index contributed by atoms with van der Waals surface area (Å²) in [5, 5.41) is 0. The zero-order valence-corrected chi connectivity index (χ0v) is 18.0. The van der Waals surface area contributed by atoms with Crippen molar-refractivity contribution in [3.8, 4) is 17.2 Å². The molecule has 1 saturated heterocycles. The Morgan fingerprint density at radius 3 is 2.47 bits per heavy atom.